The largest absolute Gasteiger partial charge is 0.283 e. The molecule has 0 unspecified atom stereocenters. The summed E-state index contributed by atoms with van der Waals surface area (Å²) in [6.45, 7) is 2.07. The van der Waals surface area contributed by atoms with E-state index in [2.05, 4.69) is 11.6 Å². The first-order valence-corrected chi connectivity index (χ1v) is 6.77. The lowest BCUT2D eigenvalue weighted by Crippen LogP contribution is -2.17. The van der Waals surface area contributed by atoms with Crippen molar-refractivity contribution in [2.45, 2.75) is 31.4 Å². The van der Waals surface area contributed by atoms with E-state index in [4.69, 9.17) is 0 Å². The Balaban J connectivity index is 2.10. The molecule has 1 aromatic carbocycles. The first kappa shape index (κ1) is 10.5. The summed E-state index contributed by atoms with van der Waals surface area (Å²) in [5.74, 6) is 0. The highest BCUT2D eigenvalue weighted by molar-refractivity contribution is 7.93. The van der Waals surface area contributed by atoms with Crippen LogP contribution in [0.25, 0.3) is 0 Å². The Kier molecular flexibility index (Phi) is 2.69. The summed E-state index contributed by atoms with van der Waals surface area (Å²) >= 11 is 0. The van der Waals surface area contributed by atoms with E-state index >= 15 is 0 Å². The molecule has 15 heavy (non-hydrogen) atoms. The fraction of sp³-hybridized carbons (Fsp3) is 0.455. The number of benzene rings is 1. The third-order valence-corrected chi connectivity index (χ3v) is 4.45. The quantitative estimate of drug-likeness (QED) is 0.853. The van der Waals surface area contributed by atoms with Crippen LogP contribution in [0.3, 0.4) is 0 Å². The van der Waals surface area contributed by atoms with Crippen LogP contribution in [0.15, 0.2) is 24.3 Å². The number of hydrogen-bond donors (Lipinski definition) is 1. The molecule has 0 aliphatic heterocycles. The van der Waals surface area contributed by atoms with E-state index in [0.29, 0.717) is 5.69 Å². The van der Waals surface area contributed by atoms with Crippen LogP contribution in [0.1, 0.15) is 25.3 Å². The van der Waals surface area contributed by atoms with Crippen molar-refractivity contribution in [1.29, 1.82) is 0 Å². The highest BCUT2D eigenvalue weighted by Gasteiger charge is 2.35. The van der Waals surface area contributed by atoms with Crippen LogP contribution in [0.4, 0.5) is 5.69 Å². The van der Waals surface area contributed by atoms with Gasteiger partial charge in [0.05, 0.1) is 5.25 Å². The molecular formula is C11H15NO2S. The SMILES string of the molecule is CCc1ccc(NS(=O)(=O)C2CC2)cc1. The van der Waals surface area contributed by atoms with Crippen LogP contribution >= 0.6 is 0 Å². The maximum atomic E-state index is 11.6. The van der Waals surface area contributed by atoms with Crippen LogP contribution in [0.5, 0.6) is 0 Å². The number of nitrogens with one attached hydrogen (secondary N) is 1. The van der Waals surface area contributed by atoms with Gasteiger partial charge in [-0.15, -0.1) is 0 Å². The van der Waals surface area contributed by atoms with Gasteiger partial charge in [0.1, 0.15) is 0 Å². The lowest BCUT2D eigenvalue weighted by Gasteiger charge is -2.07. The minimum absolute atomic E-state index is 0.164. The summed E-state index contributed by atoms with van der Waals surface area (Å²) in [6, 6.07) is 7.53. The maximum absolute atomic E-state index is 11.6. The summed E-state index contributed by atoms with van der Waals surface area (Å²) in [6.07, 6.45) is 2.56. The van der Waals surface area contributed by atoms with E-state index < -0.39 is 10.0 Å². The third-order valence-electron chi connectivity index (χ3n) is 2.59. The summed E-state index contributed by atoms with van der Waals surface area (Å²) in [7, 11) is -3.11. The average molecular weight is 225 g/mol. The Labute approximate surface area is 90.6 Å². The zero-order valence-corrected chi connectivity index (χ0v) is 9.55. The van der Waals surface area contributed by atoms with Crippen molar-refractivity contribution in [1.82, 2.24) is 0 Å². The Morgan fingerprint density at radius 1 is 1.27 bits per heavy atom. The van der Waals surface area contributed by atoms with Gasteiger partial charge in [-0.05, 0) is 37.0 Å². The molecule has 1 N–H and O–H groups in total. The Morgan fingerprint density at radius 2 is 1.87 bits per heavy atom. The second-order valence-electron chi connectivity index (χ2n) is 3.90. The van der Waals surface area contributed by atoms with Crippen molar-refractivity contribution in [3.8, 4) is 0 Å². The smallest absolute Gasteiger partial charge is 0.235 e. The number of rotatable bonds is 4. The molecule has 0 radical (unpaired) electrons. The van der Waals surface area contributed by atoms with Crippen LogP contribution in [0, 0.1) is 0 Å². The molecule has 0 amide bonds. The van der Waals surface area contributed by atoms with Gasteiger partial charge in [0.25, 0.3) is 0 Å². The molecule has 1 fully saturated rings. The van der Waals surface area contributed by atoms with Gasteiger partial charge in [-0.1, -0.05) is 19.1 Å². The number of anilines is 1. The molecule has 1 aliphatic carbocycles. The first-order valence-electron chi connectivity index (χ1n) is 5.22. The van der Waals surface area contributed by atoms with E-state index in [0.717, 1.165) is 19.3 Å². The fourth-order valence-electron chi connectivity index (χ4n) is 1.43. The van der Waals surface area contributed by atoms with Crippen molar-refractivity contribution in [3.63, 3.8) is 0 Å². The monoisotopic (exact) mass is 225 g/mol. The van der Waals surface area contributed by atoms with Crippen LogP contribution in [-0.2, 0) is 16.4 Å². The lowest BCUT2D eigenvalue weighted by molar-refractivity contribution is 0.600. The second kappa shape index (κ2) is 3.85. The molecule has 0 atom stereocenters. The minimum atomic E-state index is -3.11. The Bertz CT molecular complexity index is 432. The summed E-state index contributed by atoms with van der Waals surface area (Å²) in [5.41, 5.74) is 1.88. The maximum Gasteiger partial charge on any atom is 0.235 e. The molecule has 0 bridgehead atoms. The van der Waals surface area contributed by atoms with Gasteiger partial charge in [-0.25, -0.2) is 8.42 Å². The Morgan fingerprint density at radius 3 is 2.33 bits per heavy atom. The lowest BCUT2D eigenvalue weighted by atomic mass is 10.2. The van der Waals surface area contributed by atoms with E-state index in [1.54, 1.807) is 0 Å². The minimum Gasteiger partial charge on any atom is -0.283 e. The van der Waals surface area contributed by atoms with Gasteiger partial charge in [-0.2, -0.15) is 0 Å². The number of hydrogen-bond acceptors (Lipinski definition) is 2. The predicted octanol–water partition coefficient (Wildman–Crippen LogP) is 2.15. The number of aryl methyl sites for hydroxylation is 1. The molecule has 82 valence electrons. The molecule has 0 saturated heterocycles. The van der Waals surface area contributed by atoms with Gasteiger partial charge in [0.2, 0.25) is 10.0 Å². The topological polar surface area (TPSA) is 46.2 Å². The van der Waals surface area contributed by atoms with E-state index in [1.165, 1.54) is 5.56 Å². The van der Waals surface area contributed by atoms with Gasteiger partial charge >= 0.3 is 0 Å². The van der Waals surface area contributed by atoms with Gasteiger partial charge in [-0.3, -0.25) is 4.72 Å². The zero-order valence-electron chi connectivity index (χ0n) is 8.73. The van der Waals surface area contributed by atoms with E-state index in [1.807, 2.05) is 24.3 Å². The third kappa shape index (κ3) is 2.50. The summed E-state index contributed by atoms with van der Waals surface area (Å²) in [4.78, 5) is 0. The molecule has 3 nitrogen and oxygen atoms in total. The van der Waals surface area contributed by atoms with Crippen molar-refractivity contribution in [2.24, 2.45) is 0 Å². The fourth-order valence-corrected chi connectivity index (χ4v) is 2.82. The van der Waals surface area contributed by atoms with Crippen molar-refractivity contribution >= 4 is 15.7 Å². The second-order valence-corrected chi connectivity index (χ2v) is 5.86. The summed E-state index contributed by atoms with van der Waals surface area (Å²) < 4.78 is 25.8. The summed E-state index contributed by atoms with van der Waals surface area (Å²) in [5, 5.41) is -0.164. The van der Waals surface area contributed by atoms with Crippen LogP contribution in [-0.4, -0.2) is 13.7 Å². The first-order chi connectivity index (χ1) is 7.12. The van der Waals surface area contributed by atoms with E-state index in [-0.39, 0.29) is 5.25 Å². The van der Waals surface area contributed by atoms with Gasteiger partial charge < -0.3 is 0 Å². The Hall–Kier alpha value is -1.03. The predicted molar refractivity (Wildman–Crippen MR) is 61.4 cm³/mol. The molecule has 0 heterocycles. The van der Waals surface area contributed by atoms with Gasteiger partial charge in [0.15, 0.2) is 0 Å². The highest BCUT2D eigenvalue weighted by Crippen LogP contribution is 2.29. The molecule has 1 aromatic rings. The van der Waals surface area contributed by atoms with Crippen LogP contribution < -0.4 is 4.72 Å². The number of sulfonamides is 1. The molecule has 0 spiro atoms. The van der Waals surface area contributed by atoms with Crippen molar-refractivity contribution in [3.05, 3.63) is 29.8 Å². The zero-order chi connectivity index (χ0) is 10.9. The van der Waals surface area contributed by atoms with Crippen LogP contribution in [0.2, 0.25) is 0 Å². The molecular weight excluding hydrogens is 210 g/mol. The molecule has 1 aliphatic rings. The highest BCUT2D eigenvalue weighted by atomic mass is 32.2. The normalized spacial score (nSPS) is 16.3. The van der Waals surface area contributed by atoms with Gasteiger partial charge in [0, 0.05) is 5.69 Å². The molecule has 1 saturated carbocycles. The van der Waals surface area contributed by atoms with Crippen molar-refractivity contribution < 1.29 is 8.42 Å². The molecule has 0 aromatic heterocycles. The standard InChI is InChI=1S/C11H15NO2S/c1-2-9-3-5-10(6-4-9)12-15(13,14)11-7-8-11/h3-6,11-12H,2,7-8H2,1H3. The van der Waals surface area contributed by atoms with Crippen molar-refractivity contribution in [2.75, 3.05) is 4.72 Å². The molecule has 4 heteroatoms. The average Bonchev–Trinajstić information content (AvgIpc) is 3.01. The van der Waals surface area contributed by atoms with E-state index in [9.17, 15) is 8.42 Å². The molecule has 2 rings (SSSR count).